The Bertz CT molecular complexity index is 628. The van der Waals surface area contributed by atoms with Crippen LogP contribution in [0.25, 0.3) is 0 Å². The van der Waals surface area contributed by atoms with Gasteiger partial charge < -0.3 is 10.6 Å². The zero-order valence-electron chi connectivity index (χ0n) is 13.1. The second-order valence-corrected chi connectivity index (χ2v) is 5.24. The Morgan fingerprint density at radius 2 is 2.09 bits per heavy atom. The summed E-state index contributed by atoms with van der Waals surface area (Å²) in [6, 6.07) is 9.74. The van der Waals surface area contributed by atoms with E-state index in [1.807, 2.05) is 25.1 Å². The van der Waals surface area contributed by atoms with Crippen molar-refractivity contribution in [1.82, 2.24) is 15.3 Å². The number of carbonyl (C=O) groups is 1. The summed E-state index contributed by atoms with van der Waals surface area (Å²) >= 11 is 0. The van der Waals surface area contributed by atoms with Crippen molar-refractivity contribution >= 4 is 11.7 Å². The summed E-state index contributed by atoms with van der Waals surface area (Å²) in [5, 5.41) is 6.07. The third kappa shape index (κ3) is 4.84. The van der Waals surface area contributed by atoms with Crippen molar-refractivity contribution in [3.63, 3.8) is 0 Å². The Kier molecular flexibility index (Phi) is 5.89. The number of anilines is 1. The minimum atomic E-state index is -0.192. The summed E-state index contributed by atoms with van der Waals surface area (Å²) in [6.45, 7) is 5.50. The lowest BCUT2D eigenvalue weighted by atomic mass is 10.1. The van der Waals surface area contributed by atoms with Gasteiger partial charge in [0.25, 0.3) is 5.91 Å². The maximum absolute atomic E-state index is 12.2. The van der Waals surface area contributed by atoms with E-state index in [-0.39, 0.29) is 5.91 Å². The molecule has 5 nitrogen and oxygen atoms in total. The van der Waals surface area contributed by atoms with Crippen molar-refractivity contribution in [3.05, 3.63) is 53.5 Å². The lowest BCUT2D eigenvalue weighted by Crippen LogP contribution is -2.24. The maximum Gasteiger partial charge on any atom is 0.270 e. The minimum absolute atomic E-state index is 0.192. The van der Waals surface area contributed by atoms with Gasteiger partial charge in [-0.2, -0.15) is 0 Å². The molecule has 0 aliphatic heterocycles. The van der Waals surface area contributed by atoms with Crippen molar-refractivity contribution < 1.29 is 4.79 Å². The molecule has 2 aromatic rings. The van der Waals surface area contributed by atoms with Crippen LogP contribution in [0.15, 0.2) is 36.7 Å². The van der Waals surface area contributed by atoms with Gasteiger partial charge in [-0.15, -0.1) is 0 Å². The van der Waals surface area contributed by atoms with E-state index < -0.39 is 0 Å². The molecule has 116 valence electrons. The lowest BCUT2D eigenvalue weighted by molar-refractivity contribution is 0.0946. The molecule has 0 spiro atoms. The molecule has 0 unspecified atom stereocenters. The first-order valence-corrected chi connectivity index (χ1v) is 7.58. The molecule has 0 fully saturated rings. The van der Waals surface area contributed by atoms with Crippen LogP contribution in [0.2, 0.25) is 0 Å². The first-order chi connectivity index (χ1) is 10.7. The van der Waals surface area contributed by atoms with E-state index in [2.05, 4.69) is 33.6 Å². The quantitative estimate of drug-likeness (QED) is 0.771. The highest BCUT2D eigenvalue weighted by atomic mass is 16.1. The van der Waals surface area contributed by atoms with Gasteiger partial charge in [-0.25, -0.2) is 9.97 Å². The summed E-state index contributed by atoms with van der Waals surface area (Å²) in [4.78, 5) is 20.3. The van der Waals surface area contributed by atoms with Crippen LogP contribution >= 0.6 is 0 Å². The first kappa shape index (κ1) is 15.9. The number of unbranched alkanes of at least 4 members (excludes halogenated alkanes) is 1. The molecule has 0 radical (unpaired) electrons. The number of benzene rings is 1. The number of aryl methyl sites for hydroxylation is 1. The Hall–Kier alpha value is -2.43. The Labute approximate surface area is 131 Å². The number of hydrogen-bond donors (Lipinski definition) is 2. The van der Waals surface area contributed by atoms with Crippen LogP contribution in [0.3, 0.4) is 0 Å². The SMILES string of the molecule is CCCCNc1cc(C(=O)NCc2cccc(C)c2)ncn1. The van der Waals surface area contributed by atoms with Crippen LogP contribution < -0.4 is 10.6 Å². The van der Waals surface area contributed by atoms with Gasteiger partial charge >= 0.3 is 0 Å². The molecule has 22 heavy (non-hydrogen) atoms. The molecule has 0 atom stereocenters. The topological polar surface area (TPSA) is 66.9 Å². The molecule has 2 N–H and O–H groups in total. The highest BCUT2D eigenvalue weighted by molar-refractivity contribution is 5.92. The van der Waals surface area contributed by atoms with Crippen LogP contribution in [-0.4, -0.2) is 22.4 Å². The standard InChI is InChI=1S/C17H22N4O/c1-3-4-8-18-16-10-15(20-12-21-16)17(22)19-11-14-7-5-6-13(2)9-14/h5-7,9-10,12H,3-4,8,11H2,1-2H3,(H,19,22)(H,18,20,21). The molecule has 0 aliphatic rings. The zero-order chi connectivity index (χ0) is 15.8. The molecule has 1 aromatic carbocycles. The fraction of sp³-hybridized carbons (Fsp3) is 0.353. The molecule has 0 bridgehead atoms. The normalized spacial score (nSPS) is 10.3. The molecule has 5 heteroatoms. The molecule has 1 amide bonds. The van der Waals surface area contributed by atoms with Gasteiger partial charge in [0, 0.05) is 19.2 Å². The van der Waals surface area contributed by atoms with E-state index >= 15 is 0 Å². The van der Waals surface area contributed by atoms with E-state index in [9.17, 15) is 4.79 Å². The first-order valence-electron chi connectivity index (χ1n) is 7.58. The van der Waals surface area contributed by atoms with Gasteiger partial charge in [-0.1, -0.05) is 43.2 Å². The summed E-state index contributed by atoms with van der Waals surface area (Å²) in [7, 11) is 0. The van der Waals surface area contributed by atoms with Gasteiger partial charge in [-0.05, 0) is 18.9 Å². The third-order valence-electron chi connectivity index (χ3n) is 3.27. The second-order valence-electron chi connectivity index (χ2n) is 5.24. The number of rotatable bonds is 7. The molecule has 1 heterocycles. The van der Waals surface area contributed by atoms with Gasteiger partial charge in [-0.3, -0.25) is 4.79 Å². The van der Waals surface area contributed by atoms with E-state index in [1.54, 1.807) is 6.07 Å². The van der Waals surface area contributed by atoms with Crippen molar-refractivity contribution in [2.45, 2.75) is 33.2 Å². The number of aromatic nitrogens is 2. The zero-order valence-corrected chi connectivity index (χ0v) is 13.1. The highest BCUT2D eigenvalue weighted by Crippen LogP contribution is 2.06. The van der Waals surface area contributed by atoms with Gasteiger partial charge in [0.05, 0.1) is 0 Å². The van der Waals surface area contributed by atoms with Crippen LogP contribution in [0, 0.1) is 6.92 Å². The number of nitrogens with zero attached hydrogens (tertiary/aromatic N) is 2. The van der Waals surface area contributed by atoms with E-state index in [0.717, 1.165) is 24.9 Å². The van der Waals surface area contributed by atoms with Crippen LogP contribution in [0.5, 0.6) is 0 Å². The predicted molar refractivity (Wildman–Crippen MR) is 87.8 cm³/mol. The third-order valence-corrected chi connectivity index (χ3v) is 3.27. The fourth-order valence-corrected chi connectivity index (χ4v) is 2.07. The van der Waals surface area contributed by atoms with E-state index in [0.29, 0.717) is 18.1 Å². The molecule has 1 aromatic heterocycles. The lowest BCUT2D eigenvalue weighted by Gasteiger charge is -2.08. The molecule has 0 saturated heterocycles. The summed E-state index contributed by atoms with van der Waals surface area (Å²) < 4.78 is 0. The molecule has 0 saturated carbocycles. The fourth-order valence-electron chi connectivity index (χ4n) is 2.07. The molecule has 2 rings (SSSR count). The number of amides is 1. The predicted octanol–water partition coefficient (Wildman–Crippen LogP) is 2.93. The van der Waals surface area contributed by atoms with Crippen molar-refractivity contribution in [3.8, 4) is 0 Å². The smallest absolute Gasteiger partial charge is 0.270 e. The largest absolute Gasteiger partial charge is 0.370 e. The Balaban J connectivity index is 1.93. The highest BCUT2D eigenvalue weighted by Gasteiger charge is 2.08. The Morgan fingerprint density at radius 3 is 2.86 bits per heavy atom. The maximum atomic E-state index is 12.2. The monoisotopic (exact) mass is 298 g/mol. The summed E-state index contributed by atoms with van der Waals surface area (Å²) in [5.74, 6) is 0.492. The van der Waals surface area contributed by atoms with Crippen LogP contribution in [-0.2, 0) is 6.54 Å². The number of hydrogen-bond acceptors (Lipinski definition) is 4. The van der Waals surface area contributed by atoms with Crippen molar-refractivity contribution in [2.75, 3.05) is 11.9 Å². The van der Waals surface area contributed by atoms with E-state index in [1.165, 1.54) is 11.9 Å². The number of carbonyl (C=O) groups excluding carboxylic acids is 1. The Morgan fingerprint density at radius 1 is 1.23 bits per heavy atom. The summed E-state index contributed by atoms with van der Waals surface area (Å²) in [5.41, 5.74) is 2.63. The number of nitrogens with one attached hydrogen (secondary N) is 2. The van der Waals surface area contributed by atoms with Gasteiger partial charge in [0.1, 0.15) is 17.8 Å². The van der Waals surface area contributed by atoms with Gasteiger partial charge in [0.15, 0.2) is 0 Å². The van der Waals surface area contributed by atoms with Crippen LogP contribution in [0.4, 0.5) is 5.82 Å². The average molecular weight is 298 g/mol. The summed E-state index contributed by atoms with van der Waals surface area (Å²) in [6.07, 6.45) is 3.59. The van der Waals surface area contributed by atoms with Crippen molar-refractivity contribution in [1.29, 1.82) is 0 Å². The molecular weight excluding hydrogens is 276 g/mol. The minimum Gasteiger partial charge on any atom is -0.370 e. The average Bonchev–Trinajstić information content (AvgIpc) is 2.53. The second kappa shape index (κ2) is 8.12. The van der Waals surface area contributed by atoms with Gasteiger partial charge in [0.2, 0.25) is 0 Å². The molecular formula is C17H22N4O. The van der Waals surface area contributed by atoms with E-state index in [4.69, 9.17) is 0 Å². The van der Waals surface area contributed by atoms with Crippen molar-refractivity contribution in [2.24, 2.45) is 0 Å². The molecule has 0 aliphatic carbocycles. The van der Waals surface area contributed by atoms with Crippen LogP contribution in [0.1, 0.15) is 41.4 Å².